The molecule has 44 heavy (non-hydrogen) atoms. The highest BCUT2D eigenvalue weighted by Crippen LogP contribution is 2.30. The zero-order valence-corrected chi connectivity index (χ0v) is 26.3. The van der Waals surface area contributed by atoms with E-state index in [-0.39, 0.29) is 22.8 Å². The van der Waals surface area contributed by atoms with Crippen LogP contribution in [0.1, 0.15) is 52.6 Å². The largest absolute Gasteiger partial charge is 0.336 e. The van der Waals surface area contributed by atoms with Crippen LogP contribution < -0.4 is 16.2 Å². The molecule has 3 heterocycles. The zero-order valence-electron chi connectivity index (χ0n) is 26.3. The van der Waals surface area contributed by atoms with Gasteiger partial charge in [0.15, 0.2) is 0 Å². The molecule has 5 rings (SSSR count). The zero-order chi connectivity index (χ0) is 31.6. The Morgan fingerprint density at radius 1 is 0.864 bits per heavy atom. The summed E-state index contributed by atoms with van der Waals surface area (Å²) in [5.41, 5.74) is 5.66. The Kier molecular flexibility index (Phi) is 8.69. The Morgan fingerprint density at radius 3 is 2.18 bits per heavy atom. The van der Waals surface area contributed by atoms with Gasteiger partial charge in [0.05, 0.1) is 5.56 Å². The minimum Gasteiger partial charge on any atom is -0.336 e. The van der Waals surface area contributed by atoms with Crippen LogP contribution in [0.3, 0.4) is 0 Å². The van der Waals surface area contributed by atoms with E-state index in [4.69, 9.17) is 0 Å². The molecule has 2 amide bonds. The summed E-state index contributed by atoms with van der Waals surface area (Å²) in [7, 11) is 3.75. The fourth-order valence-electron chi connectivity index (χ4n) is 5.27. The van der Waals surface area contributed by atoms with Gasteiger partial charge in [-0.25, -0.2) is 4.98 Å². The molecule has 0 bridgehead atoms. The Balaban J connectivity index is 1.34. The summed E-state index contributed by atoms with van der Waals surface area (Å²) in [4.78, 5) is 47.5. The molecule has 2 aromatic heterocycles. The number of carbonyl (C=O) groups excluding carboxylic acids is 2. The molecule has 4 aromatic rings. The van der Waals surface area contributed by atoms with Gasteiger partial charge in [-0.15, -0.1) is 0 Å². The van der Waals surface area contributed by atoms with E-state index >= 15 is 0 Å². The van der Waals surface area contributed by atoms with E-state index in [1.54, 1.807) is 37.6 Å². The predicted octanol–water partition coefficient (Wildman–Crippen LogP) is 5.44. The standard InChI is InChI=1S/C35H40N6O3/c1-23-28(8-7-9-29(23)38-32(42)24-10-13-27(14-11-24)35(2,3)4)26-20-30(34(44)40(6)22-26)37-31-15-12-25(21-36-31)33(43)41-18-16-39(5)17-19-41/h7-15,20-22H,16-19H2,1-6H3,(H,36,37)(H,38,42). The third-order valence-electron chi connectivity index (χ3n) is 8.15. The summed E-state index contributed by atoms with van der Waals surface area (Å²) in [6, 6.07) is 18.6. The van der Waals surface area contributed by atoms with Crippen LogP contribution in [0.4, 0.5) is 17.2 Å². The first-order valence-electron chi connectivity index (χ1n) is 14.8. The summed E-state index contributed by atoms with van der Waals surface area (Å²) < 4.78 is 1.52. The van der Waals surface area contributed by atoms with Gasteiger partial charge in [0.2, 0.25) is 0 Å². The molecule has 1 aliphatic heterocycles. The number of piperazine rings is 1. The first kappa shape index (κ1) is 30.7. The monoisotopic (exact) mass is 592 g/mol. The molecule has 9 nitrogen and oxygen atoms in total. The SMILES string of the molecule is Cc1c(NC(=O)c2ccc(C(C)(C)C)cc2)cccc1-c1cc(Nc2ccc(C(=O)N3CCN(C)CC3)cn2)c(=O)n(C)c1. The number of amides is 2. The predicted molar refractivity (Wildman–Crippen MR) is 176 cm³/mol. The molecule has 0 radical (unpaired) electrons. The summed E-state index contributed by atoms with van der Waals surface area (Å²) in [5.74, 6) is 0.234. The number of hydrogen-bond acceptors (Lipinski definition) is 6. The van der Waals surface area contributed by atoms with Crippen LogP contribution in [0.25, 0.3) is 11.1 Å². The molecule has 228 valence electrons. The van der Waals surface area contributed by atoms with E-state index in [0.717, 1.165) is 35.3 Å². The van der Waals surface area contributed by atoms with Crippen molar-refractivity contribution in [3.8, 4) is 11.1 Å². The molecule has 1 fully saturated rings. The molecule has 0 aliphatic carbocycles. The Labute approximate surface area is 258 Å². The van der Waals surface area contributed by atoms with E-state index in [9.17, 15) is 14.4 Å². The van der Waals surface area contributed by atoms with Crippen LogP contribution in [-0.4, -0.2) is 64.4 Å². The number of carbonyl (C=O) groups is 2. The molecule has 0 atom stereocenters. The van der Waals surface area contributed by atoms with Crippen molar-refractivity contribution < 1.29 is 9.59 Å². The van der Waals surface area contributed by atoms with E-state index in [0.29, 0.717) is 41.4 Å². The second-order valence-corrected chi connectivity index (χ2v) is 12.5. The number of anilines is 3. The van der Waals surface area contributed by atoms with Gasteiger partial charge in [0.1, 0.15) is 11.5 Å². The number of rotatable bonds is 6. The number of aryl methyl sites for hydroxylation is 1. The van der Waals surface area contributed by atoms with Gasteiger partial charge in [-0.05, 0) is 72.5 Å². The molecule has 0 spiro atoms. The first-order chi connectivity index (χ1) is 20.9. The lowest BCUT2D eigenvalue weighted by atomic mass is 9.86. The van der Waals surface area contributed by atoms with Crippen LogP contribution in [-0.2, 0) is 12.5 Å². The smallest absolute Gasteiger partial charge is 0.274 e. The third kappa shape index (κ3) is 6.73. The third-order valence-corrected chi connectivity index (χ3v) is 8.15. The molecule has 1 saturated heterocycles. The molecule has 0 saturated carbocycles. The van der Waals surface area contributed by atoms with Crippen LogP contribution in [0.5, 0.6) is 0 Å². The second-order valence-electron chi connectivity index (χ2n) is 12.5. The van der Waals surface area contributed by atoms with Gasteiger partial charge in [-0.3, -0.25) is 14.4 Å². The van der Waals surface area contributed by atoms with Crippen molar-refractivity contribution in [3.05, 3.63) is 106 Å². The van der Waals surface area contributed by atoms with Crippen molar-refractivity contribution in [2.24, 2.45) is 7.05 Å². The normalized spacial score (nSPS) is 13.9. The van der Waals surface area contributed by atoms with Crippen LogP contribution in [0.2, 0.25) is 0 Å². The first-order valence-corrected chi connectivity index (χ1v) is 14.8. The minimum atomic E-state index is -0.214. The van der Waals surface area contributed by atoms with Crippen molar-refractivity contribution in [3.63, 3.8) is 0 Å². The Bertz CT molecular complexity index is 1730. The lowest BCUT2D eigenvalue weighted by Gasteiger charge is -2.32. The van der Waals surface area contributed by atoms with Gasteiger partial charge >= 0.3 is 0 Å². The van der Waals surface area contributed by atoms with Crippen molar-refractivity contribution in [1.82, 2.24) is 19.4 Å². The van der Waals surface area contributed by atoms with E-state index < -0.39 is 0 Å². The van der Waals surface area contributed by atoms with E-state index in [1.165, 1.54) is 4.57 Å². The van der Waals surface area contributed by atoms with Gasteiger partial charge in [-0.1, -0.05) is 45.0 Å². The molecular weight excluding hydrogens is 552 g/mol. The van der Waals surface area contributed by atoms with Gasteiger partial charge < -0.3 is 25.0 Å². The van der Waals surface area contributed by atoms with Crippen molar-refractivity contribution in [2.45, 2.75) is 33.1 Å². The van der Waals surface area contributed by atoms with Gasteiger partial charge in [-0.2, -0.15) is 0 Å². The van der Waals surface area contributed by atoms with Crippen LogP contribution in [0.15, 0.2) is 77.9 Å². The number of hydrogen-bond donors (Lipinski definition) is 2. The number of aromatic nitrogens is 2. The maximum absolute atomic E-state index is 13.1. The highest BCUT2D eigenvalue weighted by Gasteiger charge is 2.21. The quantitative estimate of drug-likeness (QED) is 0.310. The topological polar surface area (TPSA) is 99.6 Å². The lowest BCUT2D eigenvalue weighted by Crippen LogP contribution is -2.47. The van der Waals surface area contributed by atoms with Crippen molar-refractivity contribution in [1.29, 1.82) is 0 Å². The maximum atomic E-state index is 13.1. The summed E-state index contributed by atoms with van der Waals surface area (Å²) in [6.07, 6.45) is 3.32. The molecule has 1 aliphatic rings. The number of likely N-dealkylation sites (N-methyl/N-ethyl adjacent to an activating group) is 1. The molecule has 0 unspecified atom stereocenters. The Morgan fingerprint density at radius 2 is 1.55 bits per heavy atom. The van der Waals surface area contributed by atoms with Crippen LogP contribution in [0, 0.1) is 6.92 Å². The van der Waals surface area contributed by atoms with Gasteiger partial charge in [0, 0.05) is 62.4 Å². The average Bonchev–Trinajstić information content (AvgIpc) is 3.00. The molecular formula is C35H40N6O3. The Hall–Kier alpha value is -4.76. The number of nitrogens with zero attached hydrogens (tertiary/aromatic N) is 4. The highest BCUT2D eigenvalue weighted by atomic mass is 16.2. The molecule has 2 N–H and O–H groups in total. The number of benzene rings is 2. The maximum Gasteiger partial charge on any atom is 0.274 e. The fraction of sp³-hybridized carbons (Fsp3) is 0.314. The summed E-state index contributed by atoms with van der Waals surface area (Å²) in [5, 5.41) is 6.18. The second kappa shape index (κ2) is 12.5. The fourth-order valence-corrected chi connectivity index (χ4v) is 5.27. The van der Waals surface area contributed by atoms with Crippen molar-refractivity contribution in [2.75, 3.05) is 43.9 Å². The molecule has 9 heteroatoms. The highest BCUT2D eigenvalue weighted by molar-refractivity contribution is 6.05. The summed E-state index contributed by atoms with van der Waals surface area (Å²) >= 11 is 0. The average molecular weight is 593 g/mol. The van der Waals surface area contributed by atoms with Crippen molar-refractivity contribution >= 4 is 29.0 Å². The van der Waals surface area contributed by atoms with Gasteiger partial charge in [0.25, 0.3) is 17.4 Å². The molecule has 2 aromatic carbocycles. The van der Waals surface area contributed by atoms with E-state index in [1.807, 2.05) is 61.3 Å². The summed E-state index contributed by atoms with van der Waals surface area (Å²) in [6.45, 7) is 11.4. The van der Waals surface area contributed by atoms with E-state index in [2.05, 4.69) is 41.3 Å². The minimum absolute atomic E-state index is 0.00651. The number of nitrogens with one attached hydrogen (secondary N) is 2. The number of pyridine rings is 2. The van der Waals surface area contributed by atoms with Crippen LogP contribution >= 0.6 is 0 Å². The lowest BCUT2D eigenvalue weighted by molar-refractivity contribution is 0.0663.